The van der Waals surface area contributed by atoms with Crippen LogP contribution in [-0.4, -0.2) is 16.9 Å². The first-order valence-electron chi connectivity index (χ1n) is 6.63. The van der Waals surface area contributed by atoms with Gasteiger partial charge in [0.15, 0.2) is 0 Å². The van der Waals surface area contributed by atoms with Crippen LogP contribution in [0.15, 0.2) is 12.1 Å². The smallest absolute Gasteiger partial charge is 0.251 e. The summed E-state index contributed by atoms with van der Waals surface area (Å²) in [7, 11) is 0. The predicted molar refractivity (Wildman–Crippen MR) is 75.8 cm³/mol. The van der Waals surface area contributed by atoms with Gasteiger partial charge in [-0.05, 0) is 29.9 Å². The van der Waals surface area contributed by atoms with E-state index in [1.807, 2.05) is 19.9 Å². The summed E-state index contributed by atoms with van der Waals surface area (Å²) < 4.78 is 0. The summed E-state index contributed by atoms with van der Waals surface area (Å²) in [5, 5.41) is 3.04. The molecule has 1 unspecified atom stereocenters. The number of pyridine rings is 1. The summed E-state index contributed by atoms with van der Waals surface area (Å²) in [4.78, 5) is 16.6. The van der Waals surface area contributed by atoms with E-state index in [4.69, 9.17) is 5.84 Å². The van der Waals surface area contributed by atoms with Crippen molar-refractivity contribution in [2.24, 2.45) is 11.3 Å². The van der Waals surface area contributed by atoms with Gasteiger partial charge in [0.2, 0.25) is 0 Å². The Morgan fingerprint density at radius 3 is 2.58 bits per heavy atom. The average Bonchev–Trinajstić information content (AvgIpc) is 2.95. The molecule has 5 nitrogen and oxygen atoms in total. The van der Waals surface area contributed by atoms with Gasteiger partial charge >= 0.3 is 0 Å². The molecule has 1 aromatic heterocycles. The van der Waals surface area contributed by atoms with Crippen LogP contribution in [0.5, 0.6) is 0 Å². The highest BCUT2D eigenvalue weighted by Crippen LogP contribution is 2.44. The monoisotopic (exact) mass is 262 g/mol. The molecule has 5 heteroatoms. The van der Waals surface area contributed by atoms with E-state index in [-0.39, 0.29) is 23.3 Å². The van der Waals surface area contributed by atoms with Crippen LogP contribution in [0.2, 0.25) is 0 Å². The number of nitrogens with zero attached hydrogens (tertiary/aromatic N) is 1. The highest BCUT2D eigenvalue weighted by Gasteiger charge is 2.46. The number of carbonyl (C=O) groups excluding carboxylic acids is 1. The van der Waals surface area contributed by atoms with Crippen LogP contribution < -0.4 is 16.6 Å². The maximum absolute atomic E-state index is 12.2. The Balaban J connectivity index is 2.18. The number of carbonyl (C=O) groups is 1. The van der Waals surface area contributed by atoms with E-state index in [2.05, 4.69) is 29.6 Å². The molecule has 0 spiro atoms. The third-order valence-electron chi connectivity index (χ3n) is 3.67. The highest BCUT2D eigenvalue weighted by molar-refractivity contribution is 5.95. The Labute approximate surface area is 114 Å². The molecule has 0 radical (unpaired) electrons. The average molecular weight is 262 g/mol. The molecule has 1 aromatic rings. The van der Waals surface area contributed by atoms with Crippen molar-refractivity contribution in [3.8, 4) is 0 Å². The van der Waals surface area contributed by atoms with Gasteiger partial charge in [-0.2, -0.15) is 0 Å². The number of hydrogen-bond acceptors (Lipinski definition) is 4. The predicted octanol–water partition coefficient (Wildman–Crippen LogP) is 2.02. The number of amides is 1. The molecule has 1 aliphatic rings. The van der Waals surface area contributed by atoms with Gasteiger partial charge in [-0.15, -0.1) is 0 Å². The van der Waals surface area contributed by atoms with Crippen molar-refractivity contribution in [3.05, 3.63) is 23.4 Å². The van der Waals surface area contributed by atoms with E-state index in [1.54, 1.807) is 6.07 Å². The van der Waals surface area contributed by atoms with E-state index in [0.29, 0.717) is 11.4 Å². The number of aromatic nitrogens is 1. The van der Waals surface area contributed by atoms with Gasteiger partial charge in [0, 0.05) is 17.3 Å². The summed E-state index contributed by atoms with van der Waals surface area (Å²) in [5.74, 6) is 6.11. The van der Waals surface area contributed by atoms with Gasteiger partial charge in [0.1, 0.15) is 5.82 Å². The van der Waals surface area contributed by atoms with Gasteiger partial charge in [-0.1, -0.05) is 27.7 Å². The van der Waals surface area contributed by atoms with Crippen molar-refractivity contribution in [3.63, 3.8) is 0 Å². The minimum atomic E-state index is -0.0589. The van der Waals surface area contributed by atoms with E-state index in [0.717, 1.165) is 12.1 Å². The van der Waals surface area contributed by atoms with E-state index in [9.17, 15) is 4.79 Å². The maximum atomic E-state index is 12.2. The van der Waals surface area contributed by atoms with Crippen LogP contribution in [0.3, 0.4) is 0 Å². The maximum Gasteiger partial charge on any atom is 0.251 e. The Morgan fingerprint density at radius 2 is 2.11 bits per heavy atom. The molecule has 1 amide bonds. The Kier molecular flexibility index (Phi) is 3.49. The molecule has 104 valence electrons. The number of hydrogen-bond donors (Lipinski definition) is 3. The summed E-state index contributed by atoms with van der Waals surface area (Å²) in [6, 6.07) is 3.78. The van der Waals surface area contributed by atoms with Crippen molar-refractivity contribution in [1.29, 1.82) is 0 Å². The van der Waals surface area contributed by atoms with Crippen molar-refractivity contribution < 1.29 is 4.79 Å². The van der Waals surface area contributed by atoms with Crippen molar-refractivity contribution >= 4 is 11.7 Å². The fraction of sp³-hybridized carbons (Fsp3) is 0.571. The molecule has 1 aliphatic carbocycles. The van der Waals surface area contributed by atoms with Gasteiger partial charge in [-0.25, -0.2) is 10.8 Å². The number of hydrazine groups is 1. The summed E-state index contributed by atoms with van der Waals surface area (Å²) in [5.41, 5.74) is 4.20. The molecule has 0 saturated heterocycles. The quantitative estimate of drug-likeness (QED) is 0.573. The second-order valence-corrected chi connectivity index (χ2v) is 6.18. The van der Waals surface area contributed by atoms with Crippen LogP contribution in [0, 0.1) is 5.41 Å². The van der Waals surface area contributed by atoms with E-state index < -0.39 is 0 Å². The third kappa shape index (κ3) is 3.04. The minimum absolute atomic E-state index is 0.0589. The molecule has 19 heavy (non-hydrogen) atoms. The second kappa shape index (κ2) is 4.81. The van der Waals surface area contributed by atoms with Crippen molar-refractivity contribution in [1.82, 2.24) is 10.3 Å². The molecule has 1 heterocycles. The molecule has 1 fully saturated rings. The van der Waals surface area contributed by atoms with Crippen LogP contribution in [-0.2, 0) is 0 Å². The first kappa shape index (κ1) is 13.8. The number of nitrogens with one attached hydrogen (secondary N) is 2. The zero-order valence-electron chi connectivity index (χ0n) is 11.9. The molecule has 0 aromatic carbocycles. The SMILES string of the molecule is CC(C)c1cc(C(=O)NC2CC2(C)C)cc(NN)n1. The molecule has 1 saturated carbocycles. The largest absolute Gasteiger partial charge is 0.349 e. The molecule has 1 atom stereocenters. The number of anilines is 1. The second-order valence-electron chi connectivity index (χ2n) is 6.18. The fourth-order valence-corrected chi connectivity index (χ4v) is 2.01. The van der Waals surface area contributed by atoms with Crippen molar-refractivity contribution in [2.75, 3.05) is 5.43 Å². The first-order valence-corrected chi connectivity index (χ1v) is 6.63. The minimum Gasteiger partial charge on any atom is -0.349 e. The van der Waals surface area contributed by atoms with Crippen LogP contribution in [0.4, 0.5) is 5.82 Å². The van der Waals surface area contributed by atoms with Crippen LogP contribution >= 0.6 is 0 Å². The number of nitrogen functional groups attached to an aromatic ring is 1. The standard InChI is InChI=1S/C14H22N4O/c1-8(2)10-5-9(6-12(16-10)18-15)13(19)17-11-7-14(11,3)4/h5-6,8,11H,7,15H2,1-4H3,(H,16,18)(H,17,19). The zero-order chi connectivity index (χ0) is 14.2. The summed E-state index contributed by atoms with van der Waals surface area (Å²) >= 11 is 0. The third-order valence-corrected chi connectivity index (χ3v) is 3.67. The van der Waals surface area contributed by atoms with Gasteiger partial charge in [0.25, 0.3) is 5.91 Å². The number of rotatable bonds is 4. The molecule has 0 aliphatic heterocycles. The molecular weight excluding hydrogens is 240 g/mol. The lowest BCUT2D eigenvalue weighted by Crippen LogP contribution is -2.28. The molecule has 4 N–H and O–H groups in total. The fourth-order valence-electron chi connectivity index (χ4n) is 2.01. The van der Waals surface area contributed by atoms with E-state index >= 15 is 0 Å². The van der Waals surface area contributed by atoms with E-state index in [1.165, 1.54) is 0 Å². The lowest BCUT2D eigenvalue weighted by Gasteiger charge is -2.11. The van der Waals surface area contributed by atoms with Crippen molar-refractivity contribution in [2.45, 2.75) is 46.1 Å². The van der Waals surface area contributed by atoms with Gasteiger partial charge in [0.05, 0.1) is 0 Å². The normalized spacial score (nSPS) is 20.2. The van der Waals surface area contributed by atoms with Crippen LogP contribution in [0.1, 0.15) is 56.1 Å². The zero-order valence-corrected chi connectivity index (χ0v) is 11.9. The molecule has 0 bridgehead atoms. The summed E-state index contributed by atoms with van der Waals surface area (Å²) in [6.07, 6.45) is 1.03. The lowest BCUT2D eigenvalue weighted by molar-refractivity contribution is 0.0946. The molecule has 2 rings (SSSR count). The first-order chi connectivity index (χ1) is 8.83. The number of nitrogens with two attached hydrogens (primary N) is 1. The topological polar surface area (TPSA) is 80.0 Å². The summed E-state index contributed by atoms with van der Waals surface area (Å²) in [6.45, 7) is 8.37. The lowest BCUT2D eigenvalue weighted by atomic mass is 10.1. The molecular formula is C14H22N4O. The Hall–Kier alpha value is -1.62. The van der Waals surface area contributed by atoms with Gasteiger partial charge < -0.3 is 10.7 Å². The Bertz CT molecular complexity index is 496. The Morgan fingerprint density at radius 1 is 1.47 bits per heavy atom. The van der Waals surface area contributed by atoms with Crippen LogP contribution in [0.25, 0.3) is 0 Å². The highest BCUT2D eigenvalue weighted by atomic mass is 16.1. The van der Waals surface area contributed by atoms with Gasteiger partial charge in [-0.3, -0.25) is 4.79 Å².